The van der Waals surface area contributed by atoms with Crippen molar-refractivity contribution in [3.8, 4) is 11.1 Å². The van der Waals surface area contributed by atoms with Gasteiger partial charge >= 0.3 is 0 Å². The molecular formula is C30H19N. The molecule has 0 amide bonds. The first-order chi connectivity index (χ1) is 15.4. The molecular weight excluding hydrogens is 374 g/mol. The van der Waals surface area contributed by atoms with Crippen LogP contribution in [-0.4, -0.2) is 4.98 Å². The highest BCUT2D eigenvalue weighted by molar-refractivity contribution is 6.22. The van der Waals surface area contributed by atoms with E-state index in [0.29, 0.717) is 0 Å². The highest BCUT2D eigenvalue weighted by Crippen LogP contribution is 2.40. The Kier molecular flexibility index (Phi) is 3.33. The minimum absolute atomic E-state index is 1.18. The maximum absolute atomic E-state index is 3.71. The molecule has 0 saturated carbocycles. The summed E-state index contributed by atoms with van der Waals surface area (Å²) in [6, 6.07) is 39.6. The second-order valence-corrected chi connectivity index (χ2v) is 8.29. The van der Waals surface area contributed by atoms with Crippen LogP contribution >= 0.6 is 0 Å². The van der Waals surface area contributed by atoms with Gasteiger partial charge in [-0.3, -0.25) is 0 Å². The summed E-state index contributed by atoms with van der Waals surface area (Å²) in [6.07, 6.45) is 0. The molecule has 0 saturated heterocycles. The van der Waals surface area contributed by atoms with E-state index < -0.39 is 0 Å². The van der Waals surface area contributed by atoms with Crippen LogP contribution in [0.15, 0.2) is 109 Å². The maximum atomic E-state index is 3.71. The third-order valence-electron chi connectivity index (χ3n) is 6.56. The van der Waals surface area contributed by atoms with E-state index in [4.69, 9.17) is 0 Å². The number of benzene rings is 6. The first kappa shape index (κ1) is 16.7. The predicted octanol–water partition coefficient (Wildman–Crippen LogP) is 8.45. The second kappa shape index (κ2) is 6.20. The van der Waals surface area contributed by atoms with Crippen LogP contribution in [-0.2, 0) is 0 Å². The quantitative estimate of drug-likeness (QED) is 0.269. The van der Waals surface area contributed by atoms with Crippen molar-refractivity contribution in [1.82, 2.24) is 4.98 Å². The standard InChI is InChI=1S/C30H19N/c1-2-8-21-18-27-22(17-20(21)7-1)10-6-12-23(27)25-13-5-9-19-15-16-26-24-11-3-4-14-28(24)31-30(26)29(19)25/h1-18,31H. The fourth-order valence-corrected chi connectivity index (χ4v) is 5.12. The van der Waals surface area contributed by atoms with Crippen LogP contribution in [0, 0.1) is 0 Å². The van der Waals surface area contributed by atoms with Crippen molar-refractivity contribution < 1.29 is 0 Å². The summed E-state index contributed by atoms with van der Waals surface area (Å²) in [5.41, 5.74) is 4.95. The van der Waals surface area contributed by atoms with Crippen LogP contribution in [0.25, 0.3) is 65.3 Å². The van der Waals surface area contributed by atoms with Crippen molar-refractivity contribution in [2.45, 2.75) is 0 Å². The number of aromatic nitrogens is 1. The summed E-state index contributed by atoms with van der Waals surface area (Å²) in [4.78, 5) is 3.71. The van der Waals surface area contributed by atoms with Crippen LogP contribution in [0.4, 0.5) is 0 Å². The molecule has 0 bridgehead atoms. The lowest BCUT2D eigenvalue weighted by molar-refractivity contribution is 1.56. The Morgan fingerprint density at radius 2 is 1.13 bits per heavy atom. The Hall–Kier alpha value is -4.10. The third kappa shape index (κ3) is 2.38. The van der Waals surface area contributed by atoms with Gasteiger partial charge in [0.2, 0.25) is 0 Å². The summed E-state index contributed by atoms with van der Waals surface area (Å²) < 4.78 is 0. The zero-order valence-electron chi connectivity index (χ0n) is 16.9. The van der Waals surface area contributed by atoms with Crippen molar-refractivity contribution in [2.24, 2.45) is 0 Å². The Bertz CT molecular complexity index is 1790. The minimum Gasteiger partial charge on any atom is -0.354 e. The molecule has 7 rings (SSSR count). The predicted molar refractivity (Wildman–Crippen MR) is 134 cm³/mol. The number of hydrogen-bond acceptors (Lipinski definition) is 0. The Balaban J connectivity index is 1.64. The van der Waals surface area contributed by atoms with Gasteiger partial charge in [0, 0.05) is 21.7 Å². The van der Waals surface area contributed by atoms with Crippen LogP contribution in [0.5, 0.6) is 0 Å². The van der Waals surface area contributed by atoms with Gasteiger partial charge in [0.1, 0.15) is 0 Å². The summed E-state index contributed by atoms with van der Waals surface area (Å²) in [5.74, 6) is 0. The smallest absolute Gasteiger partial charge is 0.0550 e. The lowest BCUT2D eigenvalue weighted by atomic mass is 9.91. The number of aromatic amines is 1. The van der Waals surface area contributed by atoms with Crippen molar-refractivity contribution in [2.75, 3.05) is 0 Å². The molecule has 1 nitrogen and oxygen atoms in total. The number of fused-ring (bicyclic) bond motifs is 7. The molecule has 1 N–H and O–H groups in total. The van der Waals surface area contributed by atoms with Crippen LogP contribution < -0.4 is 0 Å². The Labute approximate surface area is 179 Å². The SMILES string of the molecule is c1ccc2cc3c(-c4cccc5ccc6c7ccccc7[nH]c6c45)cccc3cc2c1. The van der Waals surface area contributed by atoms with E-state index in [9.17, 15) is 0 Å². The molecule has 0 radical (unpaired) electrons. The maximum Gasteiger partial charge on any atom is 0.0550 e. The fraction of sp³-hybridized carbons (Fsp3) is 0. The van der Waals surface area contributed by atoms with Gasteiger partial charge in [0.15, 0.2) is 0 Å². The van der Waals surface area contributed by atoms with E-state index in [-0.39, 0.29) is 0 Å². The van der Waals surface area contributed by atoms with E-state index in [1.807, 2.05) is 0 Å². The molecule has 0 spiro atoms. The van der Waals surface area contributed by atoms with Gasteiger partial charge in [-0.05, 0) is 56.3 Å². The molecule has 1 aromatic heterocycles. The molecule has 6 aromatic carbocycles. The van der Waals surface area contributed by atoms with E-state index in [0.717, 1.165) is 0 Å². The van der Waals surface area contributed by atoms with E-state index in [2.05, 4.69) is 114 Å². The summed E-state index contributed by atoms with van der Waals surface area (Å²) in [7, 11) is 0. The first-order valence-corrected chi connectivity index (χ1v) is 10.7. The van der Waals surface area contributed by atoms with Crippen molar-refractivity contribution in [1.29, 1.82) is 0 Å². The van der Waals surface area contributed by atoms with Crippen molar-refractivity contribution in [3.63, 3.8) is 0 Å². The molecule has 7 aromatic rings. The van der Waals surface area contributed by atoms with Gasteiger partial charge < -0.3 is 4.98 Å². The second-order valence-electron chi connectivity index (χ2n) is 8.29. The van der Waals surface area contributed by atoms with Crippen molar-refractivity contribution in [3.05, 3.63) is 109 Å². The number of H-pyrrole nitrogens is 1. The van der Waals surface area contributed by atoms with Gasteiger partial charge in [-0.15, -0.1) is 0 Å². The van der Waals surface area contributed by atoms with Gasteiger partial charge in [0.05, 0.1) is 5.52 Å². The molecule has 1 heterocycles. The summed E-state index contributed by atoms with van der Waals surface area (Å²) in [6.45, 7) is 0. The van der Waals surface area contributed by atoms with Gasteiger partial charge in [-0.1, -0.05) is 91.0 Å². The number of hydrogen-bond donors (Lipinski definition) is 1. The summed E-state index contributed by atoms with van der Waals surface area (Å²) >= 11 is 0. The molecule has 31 heavy (non-hydrogen) atoms. The van der Waals surface area contributed by atoms with Gasteiger partial charge in [-0.2, -0.15) is 0 Å². The molecule has 144 valence electrons. The normalized spacial score (nSPS) is 11.9. The average molecular weight is 393 g/mol. The number of nitrogens with one attached hydrogen (secondary N) is 1. The van der Waals surface area contributed by atoms with Crippen molar-refractivity contribution >= 4 is 54.1 Å². The largest absolute Gasteiger partial charge is 0.354 e. The Morgan fingerprint density at radius 1 is 0.419 bits per heavy atom. The van der Waals surface area contributed by atoms with Gasteiger partial charge in [-0.25, -0.2) is 0 Å². The van der Waals surface area contributed by atoms with E-state index >= 15 is 0 Å². The van der Waals surface area contributed by atoms with E-state index in [1.165, 1.54) is 65.3 Å². The highest BCUT2D eigenvalue weighted by atomic mass is 14.7. The van der Waals surface area contributed by atoms with Gasteiger partial charge in [0.25, 0.3) is 0 Å². The fourth-order valence-electron chi connectivity index (χ4n) is 5.12. The molecule has 0 aliphatic rings. The molecule has 1 heteroatoms. The monoisotopic (exact) mass is 393 g/mol. The lowest BCUT2D eigenvalue weighted by Gasteiger charge is -2.12. The number of rotatable bonds is 1. The zero-order valence-corrected chi connectivity index (χ0v) is 16.9. The lowest BCUT2D eigenvalue weighted by Crippen LogP contribution is -1.86. The molecule has 0 fully saturated rings. The third-order valence-corrected chi connectivity index (χ3v) is 6.56. The molecule has 0 unspecified atom stereocenters. The van der Waals surface area contributed by atoms with Crippen LogP contribution in [0.3, 0.4) is 0 Å². The number of para-hydroxylation sites is 1. The summed E-state index contributed by atoms with van der Waals surface area (Å²) in [5, 5.41) is 10.2. The van der Waals surface area contributed by atoms with Crippen LogP contribution in [0.1, 0.15) is 0 Å². The highest BCUT2D eigenvalue weighted by Gasteiger charge is 2.13. The topological polar surface area (TPSA) is 15.8 Å². The molecule has 0 aliphatic heterocycles. The molecule has 0 aliphatic carbocycles. The first-order valence-electron chi connectivity index (χ1n) is 10.7. The minimum atomic E-state index is 1.18. The average Bonchev–Trinajstić information content (AvgIpc) is 3.21. The van der Waals surface area contributed by atoms with Crippen LogP contribution in [0.2, 0.25) is 0 Å². The zero-order chi connectivity index (χ0) is 20.4. The Morgan fingerprint density at radius 3 is 2.03 bits per heavy atom. The van der Waals surface area contributed by atoms with E-state index in [1.54, 1.807) is 0 Å². The molecule has 0 atom stereocenters.